The summed E-state index contributed by atoms with van der Waals surface area (Å²) in [6.45, 7) is 7.17. The van der Waals surface area contributed by atoms with Crippen molar-refractivity contribution in [3.63, 3.8) is 0 Å². The van der Waals surface area contributed by atoms with E-state index in [1.165, 1.54) is 0 Å². The summed E-state index contributed by atoms with van der Waals surface area (Å²) in [4.78, 5) is 14.3. The Kier molecular flexibility index (Phi) is 3.16. The number of hydrogen-bond acceptors (Lipinski definition) is 4. The SMILES string of the molecule is CC(C)(C)n1cc(C(=O)N2C[C@@H]3CS(=O)(=O)C[C@@H]3C2)cn1. The molecule has 6 nitrogen and oxygen atoms in total. The van der Waals surface area contributed by atoms with Crippen LogP contribution in [0.25, 0.3) is 0 Å². The van der Waals surface area contributed by atoms with E-state index in [2.05, 4.69) is 5.10 Å². The van der Waals surface area contributed by atoms with Gasteiger partial charge >= 0.3 is 0 Å². The molecule has 0 aliphatic carbocycles. The number of amides is 1. The molecule has 2 aliphatic rings. The van der Waals surface area contributed by atoms with Crippen LogP contribution in [-0.4, -0.2) is 53.6 Å². The van der Waals surface area contributed by atoms with Crippen molar-refractivity contribution >= 4 is 15.7 Å². The third kappa shape index (κ3) is 2.71. The number of rotatable bonds is 1. The van der Waals surface area contributed by atoms with E-state index in [0.29, 0.717) is 18.7 Å². The summed E-state index contributed by atoms with van der Waals surface area (Å²) in [5.74, 6) is 0.622. The first-order valence-corrected chi connectivity index (χ1v) is 9.03. The fraction of sp³-hybridized carbons (Fsp3) is 0.714. The van der Waals surface area contributed by atoms with E-state index in [-0.39, 0.29) is 34.8 Å². The normalized spacial score (nSPS) is 27.9. The minimum Gasteiger partial charge on any atom is -0.338 e. The van der Waals surface area contributed by atoms with E-state index in [0.717, 1.165) is 0 Å². The van der Waals surface area contributed by atoms with Gasteiger partial charge in [-0.25, -0.2) is 8.42 Å². The van der Waals surface area contributed by atoms with E-state index in [4.69, 9.17) is 0 Å². The molecule has 3 rings (SSSR count). The number of likely N-dealkylation sites (tertiary alicyclic amines) is 1. The maximum Gasteiger partial charge on any atom is 0.257 e. The third-order valence-electron chi connectivity index (χ3n) is 4.32. The van der Waals surface area contributed by atoms with Crippen LogP contribution in [0, 0.1) is 11.8 Å². The molecule has 0 saturated carbocycles. The van der Waals surface area contributed by atoms with E-state index >= 15 is 0 Å². The summed E-state index contributed by atoms with van der Waals surface area (Å²) in [5, 5.41) is 4.25. The molecule has 116 valence electrons. The molecule has 2 atom stereocenters. The van der Waals surface area contributed by atoms with Gasteiger partial charge in [0.2, 0.25) is 0 Å². The van der Waals surface area contributed by atoms with Gasteiger partial charge in [0.15, 0.2) is 9.84 Å². The van der Waals surface area contributed by atoms with Crippen LogP contribution in [0.2, 0.25) is 0 Å². The molecule has 0 aromatic carbocycles. The molecule has 0 unspecified atom stereocenters. The Morgan fingerprint density at radius 3 is 2.29 bits per heavy atom. The Labute approximate surface area is 125 Å². The summed E-state index contributed by atoms with van der Waals surface area (Å²) in [6.07, 6.45) is 3.37. The first kappa shape index (κ1) is 14.6. The van der Waals surface area contributed by atoms with Crippen LogP contribution in [-0.2, 0) is 15.4 Å². The van der Waals surface area contributed by atoms with Crippen LogP contribution in [0.15, 0.2) is 12.4 Å². The molecule has 2 fully saturated rings. The maximum absolute atomic E-state index is 12.5. The summed E-state index contributed by atoms with van der Waals surface area (Å²) < 4.78 is 25.0. The van der Waals surface area contributed by atoms with Gasteiger partial charge in [-0.1, -0.05) is 0 Å². The molecule has 21 heavy (non-hydrogen) atoms. The molecule has 2 saturated heterocycles. The summed E-state index contributed by atoms with van der Waals surface area (Å²) >= 11 is 0. The van der Waals surface area contributed by atoms with Crippen molar-refractivity contribution in [1.29, 1.82) is 0 Å². The highest BCUT2D eigenvalue weighted by Gasteiger charge is 2.45. The number of carbonyl (C=O) groups excluding carboxylic acids is 1. The second-order valence-electron chi connectivity index (χ2n) is 7.15. The average molecular weight is 311 g/mol. The molecule has 1 aromatic rings. The second-order valence-corrected chi connectivity index (χ2v) is 9.31. The van der Waals surface area contributed by atoms with E-state index < -0.39 is 9.84 Å². The summed E-state index contributed by atoms with van der Waals surface area (Å²) in [6, 6.07) is 0. The lowest BCUT2D eigenvalue weighted by molar-refractivity contribution is 0.0784. The topological polar surface area (TPSA) is 72.3 Å². The Bertz CT molecular complexity index is 652. The second kappa shape index (κ2) is 4.56. The highest BCUT2D eigenvalue weighted by molar-refractivity contribution is 7.91. The van der Waals surface area contributed by atoms with Crippen LogP contribution in [0.1, 0.15) is 31.1 Å². The van der Waals surface area contributed by atoms with Crippen molar-refractivity contribution in [3.8, 4) is 0 Å². The molecule has 0 radical (unpaired) electrons. The van der Waals surface area contributed by atoms with Crippen LogP contribution < -0.4 is 0 Å². The van der Waals surface area contributed by atoms with Crippen molar-refractivity contribution < 1.29 is 13.2 Å². The van der Waals surface area contributed by atoms with Crippen LogP contribution in [0.3, 0.4) is 0 Å². The zero-order valence-corrected chi connectivity index (χ0v) is 13.4. The minimum absolute atomic E-state index is 0.0442. The Morgan fingerprint density at radius 2 is 1.81 bits per heavy atom. The molecule has 1 amide bonds. The molecule has 0 N–H and O–H groups in total. The molecular weight excluding hydrogens is 290 g/mol. The van der Waals surface area contributed by atoms with Gasteiger partial charge in [0, 0.05) is 19.3 Å². The average Bonchev–Trinajstić information content (AvgIpc) is 2.98. The van der Waals surface area contributed by atoms with Gasteiger partial charge < -0.3 is 4.90 Å². The molecule has 3 heterocycles. The van der Waals surface area contributed by atoms with Gasteiger partial charge in [-0.15, -0.1) is 0 Å². The standard InChI is InChI=1S/C14H21N3O3S/c1-14(2,3)17-7-10(4-15-17)13(18)16-5-11-8-21(19,20)9-12(11)6-16/h4,7,11-12H,5-6,8-9H2,1-3H3/t11-,12+. The smallest absolute Gasteiger partial charge is 0.257 e. The maximum atomic E-state index is 12.5. The van der Waals surface area contributed by atoms with Crippen molar-refractivity contribution in [2.75, 3.05) is 24.6 Å². The zero-order valence-electron chi connectivity index (χ0n) is 12.6. The van der Waals surface area contributed by atoms with E-state index in [1.807, 2.05) is 20.8 Å². The zero-order chi connectivity index (χ0) is 15.4. The quantitative estimate of drug-likeness (QED) is 0.767. The number of nitrogens with zero attached hydrogens (tertiary/aromatic N) is 3. The van der Waals surface area contributed by atoms with Crippen molar-refractivity contribution in [2.45, 2.75) is 26.3 Å². The van der Waals surface area contributed by atoms with Gasteiger partial charge in [-0.2, -0.15) is 5.10 Å². The number of fused-ring (bicyclic) bond motifs is 1. The van der Waals surface area contributed by atoms with Gasteiger partial charge in [-0.05, 0) is 32.6 Å². The summed E-state index contributed by atoms with van der Waals surface area (Å²) in [5.41, 5.74) is 0.418. The number of aromatic nitrogens is 2. The first-order chi connectivity index (χ1) is 9.66. The van der Waals surface area contributed by atoms with Gasteiger partial charge in [0.05, 0.1) is 28.8 Å². The molecule has 0 spiro atoms. The van der Waals surface area contributed by atoms with E-state index in [1.54, 1.807) is 22.0 Å². The minimum atomic E-state index is -2.89. The fourth-order valence-electron chi connectivity index (χ4n) is 3.19. The predicted molar refractivity (Wildman–Crippen MR) is 78.8 cm³/mol. The molecule has 2 aliphatic heterocycles. The summed E-state index contributed by atoms with van der Waals surface area (Å²) in [7, 11) is -2.89. The Hall–Kier alpha value is -1.37. The number of carbonyl (C=O) groups is 1. The molecule has 1 aromatic heterocycles. The lowest BCUT2D eigenvalue weighted by atomic mass is 10.0. The highest BCUT2D eigenvalue weighted by Crippen LogP contribution is 2.33. The first-order valence-electron chi connectivity index (χ1n) is 7.20. The third-order valence-corrected chi connectivity index (χ3v) is 6.19. The van der Waals surface area contributed by atoms with Gasteiger partial charge in [0.25, 0.3) is 5.91 Å². The fourth-order valence-corrected chi connectivity index (χ4v) is 5.38. The lowest BCUT2D eigenvalue weighted by Crippen LogP contribution is -2.31. The molecule has 0 bridgehead atoms. The van der Waals surface area contributed by atoms with Gasteiger partial charge in [-0.3, -0.25) is 9.48 Å². The largest absolute Gasteiger partial charge is 0.338 e. The van der Waals surface area contributed by atoms with Crippen molar-refractivity contribution in [3.05, 3.63) is 18.0 Å². The van der Waals surface area contributed by atoms with Crippen LogP contribution in [0.4, 0.5) is 0 Å². The number of hydrogen-bond donors (Lipinski definition) is 0. The monoisotopic (exact) mass is 311 g/mol. The van der Waals surface area contributed by atoms with Crippen molar-refractivity contribution in [1.82, 2.24) is 14.7 Å². The van der Waals surface area contributed by atoms with Gasteiger partial charge in [0.1, 0.15) is 0 Å². The van der Waals surface area contributed by atoms with Crippen LogP contribution in [0.5, 0.6) is 0 Å². The van der Waals surface area contributed by atoms with Crippen molar-refractivity contribution in [2.24, 2.45) is 11.8 Å². The Morgan fingerprint density at radius 1 is 1.24 bits per heavy atom. The highest BCUT2D eigenvalue weighted by atomic mass is 32.2. The predicted octanol–water partition coefficient (Wildman–Crippen LogP) is 0.755. The molecular formula is C14H21N3O3S. The number of sulfone groups is 1. The van der Waals surface area contributed by atoms with Crippen LogP contribution >= 0.6 is 0 Å². The molecule has 7 heteroatoms. The lowest BCUT2D eigenvalue weighted by Gasteiger charge is -2.19. The Balaban J connectivity index is 1.72. The van der Waals surface area contributed by atoms with E-state index in [9.17, 15) is 13.2 Å².